The number of hydrogen-bond donors (Lipinski definition) is 1. The van der Waals surface area contributed by atoms with Crippen molar-refractivity contribution in [2.45, 2.75) is 0 Å². The van der Waals surface area contributed by atoms with Crippen molar-refractivity contribution in [3.8, 4) is 11.5 Å². The third-order valence-electron chi connectivity index (χ3n) is 2.61. The summed E-state index contributed by atoms with van der Waals surface area (Å²) in [6.07, 6.45) is 2.85. The van der Waals surface area contributed by atoms with E-state index in [0.717, 1.165) is 0 Å². The average Bonchev–Trinajstić information content (AvgIpc) is 2.48. The lowest BCUT2D eigenvalue weighted by molar-refractivity contribution is 0.102. The van der Waals surface area contributed by atoms with Gasteiger partial charge in [-0.05, 0) is 18.2 Å². The van der Waals surface area contributed by atoms with E-state index in [-0.39, 0.29) is 5.91 Å². The van der Waals surface area contributed by atoms with E-state index in [1.165, 1.54) is 12.5 Å². The number of hydrogen-bond acceptors (Lipinski definition) is 5. The second kappa shape index (κ2) is 4.93. The van der Waals surface area contributed by atoms with E-state index in [1.54, 1.807) is 24.3 Å². The van der Waals surface area contributed by atoms with Crippen LogP contribution in [0.25, 0.3) is 0 Å². The van der Waals surface area contributed by atoms with Gasteiger partial charge in [-0.2, -0.15) is 0 Å². The average molecular weight is 257 g/mol. The Kier molecular flexibility index (Phi) is 2.97. The van der Waals surface area contributed by atoms with Gasteiger partial charge in [-0.3, -0.25) is 4.79 Å². The van der Waals surface area contributed by atoms with Crippen molar-refractivity contribution in [3.63, 3.8) is 0 Å². The maximum atomic E-state index is 11.9. The zero-order chi connectivity index (χ0) is 13.1. The first-order valence-electron chi connectivity index (χ1n) is 5.80. The number of anilines is 1. The van der Waals surface area contributed by atoms with E-state index in [4.69, 9.17) is 9.47 Å². The summed E-state index contributed by atoms with van der Waals surface area (Å²) < 4.78 is 10.9. The van der Waals surface area contributed by atoms with Crippen LogP contribution in [0.3, 0.4) is 0 Å². The molecular weight excluding hydrogens is 246 g/mol. The van der Waals surface area contributed by atoms with Crippen LogP contribution in [0.5, 0.6) is 11.5 Å². The SMILES string of the molecule is O=C(Nc1ccc2c(c1)OCCO2)c1ccncn1. The van der Waals surface area contributed by atoms with Crippen molar-refractivity contribution in [1.82, 2.24) is 9.97 Å². The van der Waals surface area contributed by atoms with Gasteiger partial charge < -0.3 is 14.8 Å². The maximum absolute atomic E-state index is 11.9. The van der Waals surface area contributed by atoms with Crippen LogP contribution >= 0.6 is 0 Å². The Hall–Kier alpha value is -2.63. The summed E-state index contributed by atoms with van der Waals surface area (Å²) in [5, 5.41) is 2.74. The minimum atomic E-state index is -0.293. The summed E-state index contributed by atoms with van der Waals surface area (Å²) in [4.78, 5) is 19.6. The molecule has 0 radical (unpaired) electrons. The van der Waals surface area contributed by atoms with E-state index in [0.29, 0.717) is 36.1 Å². The first-order chi connectivity index (χ1) is 9.33. The van der Waals surface area contributed by atoms with Crippen LogP contribution < -0.4 is 14.8 Å². The van der Waals surface area contributed by atoms with E-state index in [1.807, 2.05) is 0 Å². The Labute approximate surface area is 109 Å². The number of amides is 1. The van der Waals surface area contributed by atoms with Crippen LogP contribution in [-0.2, 0) is 0 Å². The van der Waals surface area contributed by atoms with Gasteiger partial charge in [-0.1, -0.05) is 0 Å². The zero-order valence-electron chi connectivity index (χ0n) is 10.00. The van der Waals surface area contributed by atoms with Crippen molar-refractivity contribution < 1.29 is 14.3 Å². The lowest BCUT2D eigenvalue weighted by Gasteiger charge is -2.18. The number of aromatic nitrogens is 2. The molecule has 0 unspecified atom stereocenters. The van der Waals surface area contributed by atoms with Crippen LogP contribution in [0.2, 0.25) is 0 Å². The molecular formula is C13H11N3O3. The van der Waals surface area contributed by atoms with Gasteiger partial charge in [0.15, 0.2) is 11.5 Å². The molecule has 0 spiro atoms. The standard InChI is InChI=1S/C13H11N3O3/c17-13(10-3-4-14-8-15-10)16-9-1-2-11-12(7-9)19-6-5-18-11/h1-4,7-8H,5-6H2,(H,16,17). The number of nitrogens with zero attached hydrogens (tertiary/aromatic N) is 2. The van der Waals surface area contributed by atoms with Crippen molar-refractivity contribution in [1.29, 1.82) is 0 Å². The van der Waals surface area contributed by atoms with Crippen LogP contribution in [0, 0.1) is 0 Å². The normalized spacial score (nSPS) is 12.8. The third kappa shape index (κ3) is 2.47. The largest absolute Gasteiger partial charge is 0.486 e. The number of rotatable bonds is 2. The topological polar surface area (TPSA) is 73.3 Å². The summed E-state index contributed by atoms with van der Waals surface area (Å²) in [5.74, 6) is 1.03. The minimum Gasteiger partial charge on any atom is -0.486 e. The smallest absolute Gasteiger partial charge is 0.274 e. The van der Waals surface area contributed by atoms with Gasteiger partial charge in [0, 0.05) is 18.0 Å². The number of fused-ring (bicyclic) bond motifs is 1. The second-order valence-corrected chi connectivity index (χ2v) is 3.91. The fourth-order valence-electron chi connectivity index (χ4n) is 1.74. The fourth-order valence-corrected chi connectivity index (χ4v) is 1.74. The molecule has 3 rings (SSSR count). The van der Waals surface area contributed by atoms with Gasteiger partial charge in [0.1, 0.15) is 25.2 Å². The van der Waals surface area contributed by atoms with Crippen molar-refractivity contribution in [2.75, 3.05) is 18.5 Å². The summed E-state index contributed by atoms with van der Waals surface area (Å²) in [6.45, 7) is 1.05. The van der Waals surface area contributed by atoms with Crippen molar-refractivity contribution in [2.24, 2.45) is 0 Å². The molecule has 19 heavy (non-hydrogen) atoms. The number of nitrogens with one attached hydrogen (secondary N) is 1. The summed E-state index contributed by atoms with van der Waals surface area (Å²) in [6, 6.07) is 6.80. The molecule has 6 heteroatoms. The highest BCUT2D eigenvalue weighted by Crippen LogP contribution is 2.32. The maximum Gasteiger partial charge on any atom is 0.274 e. The Morgan fingerprint density at radius 1 is 1.16 bits per heavy atom. The number of benzene rings is 1. The van der Waals surface area contributed by atoms with Crippen LogP contribution in [0.15, 0.2) is 36.8 Å². The highest BCUT2D eigenvalue weighted by Gasteiger charge is 2.13. The first kappa shape index (κ1) is 11.5. The summed E-state index contributed by atoms with van der Waals surface area (Å²) in [7, 11) is 0. The van der Waals surface area contributed by atoms with E-state index in [2.05, 4.69) is 15.3 Å². The fraction of sp³-hybridized carbons (Fsp3) is 0.154. The predicted molar refractivity (Wildman–Crippen MR) is 67.4 cm³/mol. The number of ether oxygens (including phenoxy) is 2. The lowest BCUT2D eigenvalue weighted by atomic mass is 10.2. The van der Waals surface area contributed by atoms with Gasteiger partial charge in [0.05, 0.1) is 0 Å². The zero-order valence-corrected chi connectivity index (χ0v) is 10.00. The van der Waals surface area contributed by atoms with Gasteiger partial charge in [-0.25, -0.2) is 9.97 Å². The molecule has 0 saturated carbocycles. The molecule has 0 bridgehead atoms. The molecule has 1 N–H and O–H groups in total. The molecule has 1 aromatic carbocycles. The molecule has 0 aliphatic carbocycles. The van der Waals surface area contributed by atoms with Crippen LogP contribution in [0.1, 0.15) is 10.5 Å². The second-order valence-electron chi connectivity index (χ2n) is 3.91. The Morgan fingerprint density at radius 2 is 2.00 bits per heavy atom. The number of carbonyl (C=O) groups excluding carboxylic acids is 1. The van der Waals surface area contributed by atoms with Crippen molar-refractivity contribution in [3.05, 3.63) is 42.5 Å². The molecule has 0 atom stereocenters. The molecule has 2 aromatic rings. The minimum absolute atomic E-state index is 0.293. The highest BCUT2D eigenvalue weighted by molar-refractivity contribution is 6.02. The van der Waals surface area contributed by atoms with Crippen molar-refractivity contribution >= 4 is 11.6 Å². The van der Waals surface area contributed by atoms with E-state index < -0.39 is 0 Å². The quantitative estimate of drug-likeness (QED) is 0.882. The monoisotopic (exact) mass is 257 g/mol. The van der Waals surface area contributed by atoms with Gasteiger partial charge in [0.2, 0.25) is 0 Å². The molecule has 1 aromatic heterocycles. The molecule has 96 valence electrons. The van der Waals surface area contributed by atoms with Gasteiger partial charge >= 0.3 is 0 Å². The van der Waals surface area contributed by atoms with Crippen LogP contribution in [0.4, 0.5) is 5.69 Å². The lowest BCUT2D eigenvalue weighted by Crippen LogP contribution is -2.17. The molecule has 1 amide bonds. The summed E-state index contributed by atoms with van der Waals surface area (Å²) in [5.41, 5.74) is 0.942. The van der Waals surface area contributed by atoms with Gasteiger partial charge in [-0.15, -0.1) is 0 Å². The molecule has 2 heterocycles. The third-order valence-corrected chi connectivity index (χ3v) is 2.61. The summed E-state index contributed by atoms with van der Waals surface area (Å²) >= 11 is 0. The molecule has 0 fully saturated rings. The number of carbonyl (C=O) groups is 1. The molecule has 0 saturated heterocycles. The van der Waals surface area contributed by atoms with Crippen LogP contribution in [-0.4, -0.2) is 29.1 Å². The van der Waals surface area contributed by atoms with E-state index >= 15 is 0 Å². The Bertz CT molecular complexity index is 601. The van der Waals surface area contributed by atoms with Gasteiger partial charge in [0.25, 0.3) is 5.91 Å². The Balaban J connectivity index is 1.78. The predicted octanol–water partition coefficient (Wildman–Crippen LogP) is 1.50. The molecule has 1 aliphatic rings. The molecule has 6 nitrogen and oxygen atoms in total. The Morgan fingerprint density at radius 3 is 2.79 bits per heavy atom. The van der Waals surface area contributed by atoms with E-state index in [9.17, 15) is 4.79 Å². The highest BCUT2D eigenvalue weighted by atomic mass is 16.6. The first-order valence-corrected chi connectivity index (χ1v) is 5.80. The molecule has 1 aliphatic heterocycles.